The van der Waals surface area contributed by atoms with Gasteiger partial charge in [-0.15, -0.1) is 0 Å². The van der Waals surface area contributed by atoms with Gasteiger partial charge in [-0.3, -0.25) is 0 Å². The molecule has 0 saturated heterocycles. The third-order valence-corrected chi connectivity index (χ3v) is 3.19. The monoisotopic (exact) mass is 256 g/mol. The van der Waals surface area contributed by atoms with Gasteiger partial charge in [0.2, 0.25) is 0 Å². The van der Waals surface area contributed by atoms with E-state index in [9.17, 15) is 5.11 Å². The highest BCUT2D eigenvalue weighted by Crippen LogP contribution is 2.25. The SMILES string of the molecule is CCc1cccc(Oc2ccc([C@H](O)CC)cc2)c1. The normalized spacial score (nSPS) is 12.2. The number of hydrogen-bond acceptors (Lipinski definition) is 2. The van der Waals surface area contributed by atoms with Crippen LogP contribution in [0.25, 0.3) is 0 Å². The van der Waals surface area contributed by atoms with Crippen molar-refractivity contribution < 1.29 is 9.84 Å². The molecule has 100 valence electrons. The molecule has 1 N–H and O–H groups in total. The van der Waals surface area contributed by atoms with Crippen molar-refractivity contribution in [2.45, 2.75) is 32.8 Å². The van der Waals surface area contributed by atoms with Crippen molar-refractivity contribution >= 4 is 0 Å². The Kier molecular flexibility index (Phi) is 4.58. The van der Waals surface area contributed by atoms with Gasteiger partial charge in [-0.25, -0.2) is 0 Å². The first kappa shape index (κ1) is 13.6. The van der Waals surface area contributed by atoms with Gasteiger partial charge in [0.1, 0.15) is 11.5 Å². The summed E-state index contributed by atoms with van der Waals surface area (Å²) in [4.78, 5) is 0. The summed E-state index contributed by atoms with van der Waals surface area (Å²) >= 11 is 0. The van der Waals surface area contributed by atoms with Gasteiger partial charge >= 0.3 is 0 Å². The summed E-state index contributed by atoms with van der Waals surface area (Å²) < 4.78 is 5.81. The molecule has 0 amide bonds. The van der Waals surface area contributed by atoms with Gasteiger partial charge in [-0.05, 0) is 48.2 Å². The second-order valence-electron chi connectivity index (χ2n) is 4.60. The number of aliphatic hydroxyl groups excluding tert-OH is 1. The van der Waals surface area contributed by atoms with E-state index in [1.807, 2.05) is 43.3 Å². The van der Waals surface area contributed by atoms with Crippen LogP contribution in [0, 0.1) is 0 Å². The smallest absolute Gasteiger partial charge is 0.127 e. The van der Waals surface area contributed by atoms with Crippen LogP contribution < -0.4 is 4.74 Å². The second kappa shape index (κ2) is 6.39. The molecule has 2 aromatic carbocycles. The Morgan fingerprint density at radius 2 is 1.74 bits per heavy atom. The summed E-state index contributed by atoms with van der Waals surface area (Å²) in [5.74, 6) is 1.64. The van der Waals surface area contributed by atoms with Crippen molar-refractivity contribution in [3.05, 3.63) is 59.7 Å². The van der Waals surface area contributed by atoms with Crippen LogP contribution in [0.1, 0.15) is 37.5 Å². The van der Waals surface area contributed by atoms with Gasteiger partial charge in [0.15, 0.2) is 0 Å². The molecule has 0 aliphatic carbocycles. The lowest BCUT2D eigenvalue weighted by atomic mass is 10.1. The van der Waals surface area contributed by atoms with Crippen molar-refractivity contribution in [1.29, 1.82) is 0 Å². The minimum atomic E-state index is -0.391. The molecule has 2 aromatic rings. The van der Waals surface area contributed by atoms with Crippen LogP contribution in [0.15, 0.2) is 48.5 Å². The first-order valence-corrected chi connectivity index (χ1v) is 6.77. The van der Waals surface area contributed by atoms with Crippen molar-refractivity contribution in [3.8, 4) is 11.5 Å². The highest BCUT2D eigenvalue weighted by molar-refractivity contribution is 5.35. The van der Waals surface area contributed by atoms with E-state index in [1.54, 1.807) is 0 Å². The van der Waals surface area contributed by atoms with Gasteiger partial charge in [0, 0.05) is 0 Å². The Labute approximate surface area is 114 Å². The first-order valence-electron chi connectivity index (χ1n) is 6.77. The molecule has 2 heteroatoms. The molecule has 2 rings (SSSR count). The van der Waals surface area contributed by atoms with Gasteiger partial charge in [0.05, 0.1) is 6.10 Å². The lowest BCUT2D eigenvalue weighted by Gasteiger charge is -2.10. The molecule has 0 aliphatic rings. The highest BCUT2D eigenvalue weighted by Gasteiger charge is 2.05. The van der Waals surface area contributed by atoms with E-state index in [2.05, 4.69) is 19.1 Å². The van der Waals surface area contributed by atoms with E-state index in [4.69, 9.17) is 4.74 Å². The fourth-order valence-electron chi connectivity index (χ4n) is 1.96. The maximum atomic E-state index is 9.74. The number of rotatable bonds is 5. The molecule has 0 fully saturated rings. The quantitative estimate of drug-likeness (QED) is 0.854. The first-order chi connectivity index (χ1) is 9.22. The minimum absolute atomic E-state index is 0.391. The van der Waals surface area contributed by atoms with Crippen molar-refractivity contribution in [2.24, 2.45) is 0 Å². The molecule has 0 unspecified atom stereocenters. The standard InChI is InChI=1S/C17H20O2/c1-3-13-6-5-7-16(12-13)19-15-10-8-14(9-11-15)17(18)4-2/h5-12,17-18H,3-4H2,1-2H3/t17-/m1/s1. The molecule has 0 heterocycles. The molecule has 0 aliphatic heterocycles. The molecule has 19 heavy (non-hydrogen) atoms. The predicted octanol–water partition coefficient (Wildman–Crippen LogP) is 4.48. The third-order valence-electron chi connectivity index (χ3n) is 3.19. The summed E-state index contributed by atoms with van der Waals surface area (Å²) in [5.41, 5.74) is 2.19. The Morgan fingerprint density at radius 3 is 2.37 bits per heavy atom. The number of hydrogen-bond donors (Lipinski definition) is 1. The maximum Gasteiger partial charge on any atom is 0.127 e. The summed E-state index contributed by atoms with van der Waals surface area (Å²) in [6, 6.07) is 15.7. The topological polar surface area (TPSA) is 29.5 Å². The lowest BCUT2D eigenvalue weighted by molar-refractivity contribution is 0.173. The highest BCUT2D eigenvalue weighted by atomic mass is 16.5. The largest absolute Gasteiger partial charge is 0.457 e. The summed E-state index contributed by atoms with van der Waals surface area (Å²) in [6.07, 6.45) is 1.33. The average molecular weight is 256 g/mol. The maximum absolute atomic E-state index is 9.74. The Hall–Kier alpha value is -1.80. The van der Waals surface area contributed by atoms with Gasteiger partial charge in [-0.2, -0.15) is 0 Å². The van der Waals surface area contributed by atoms with E-state index in [1.165, 1.54) is 5.56 Å². The Balaban J connectivity index is 2.10. The van der Waals surface area contributed by atoms with Crippen molar-refractivity contribution in [1.82, 2.24) is 0 Å². The molecule has 1 atom stereocenters. The van der Waals surface area contributed by atoms with Crippen LogP contribution in [0.3, 0.4) is 0 Å². The number of aliphatic hydroxyl groups is 1. The van der Waals surface area contributed by atoms with E-state index in [-0.39, 0.29) is 0 Å². The zero-order valence-electron chi connectivity index (χ0n) is 11.5. The van der Waals surface area contributed by atoms with E-state index < -0.39 is 6.10 Å². The summed E-state index contributed by atoms with van der Waals surface area (Å²) in [5, 5.41) is 9.74. The van der Waals surface area contributed by atoms with Gasteiger partial charge in [0.25, 0.3) is 0 Å². The number of aryl methyl sites for hydroxylation is 1. The zero-order valence-corrected chi connectivity index (χ0v) is 11.5. The molecule has 2 nitrogen and oxygen atoms in total. The molecule has 0 saturated carbocycles. The number of ether oxygens (including phenoxy) is 1. The van der Waals surface area contributed by atoms with Gasteiger partial charge < -0.3 is 9.84 Å². The van der Waals surface area contributed by atoms with Crippen molar-refractivity contribution in [3.63, 3.8) is 0 Å². The minimum Gasteiger partial charge on any atom is -0.457 e. The van der Waals surface area contributed by atoms with Crippen LogP contribution in [0.2, 0.25) is 0 Å². The molecule has 0 radical (unpaired) electrons. The van der Waals surface area contributed by atoms with Crippen molar-refractivity contribution in [2.75, 3.05) is 0 Å². The fourth-order valence-corrected chi connectivity index (χ4v) is 1.96. The van der Waals surface area contributed by atoms with E-state index in [0.29, 0.717) is 0 Å². The van der Waals surface area contributed by atoms with E-state index in [0.717, 1.165) is 29.9 Å². The summed E-state index contributed by atoms with van der Waals surface area (Å²) in [7, 11) is 0. The Bertz CT molecular complexity index is 517. The third kappa shape index (κ3) is 3.58. The molecular weight excluding hydrogens is 236 g/mol. The van der Waals surface area contributed by atoms with Crippen LogP contribution in [0.5, 0.6) is 11.5 Å². The van der Waals surface area contributed by atoms with E-state index >= 15 is 0 Å². The molecule has 0 spiro atoms. The second-order valence-corrected chi connectivity index (χ2v) is 4.60. The molecule has 0 bridgehead atoms. The Morgan fingerprint density at radius 1 is 1.00 bits per heavy atom. The lowest BCUT2D eigenvalue weighted by Crippen LogP contribution is -1.94. The molecule has 0 aromatic heterocycles. The van der Waals surface area contributed by atoms with Crippen LogP contribution in [-0.4, -0.2) is 5.11 Å². The zero-order chi connectivity index (χ0) is 13.7. The average Bonchev–Trinajstić information content (AvgIpc) is 2.47. The molecular formula is C17H20O2. The van der Waals surface area contributed by atoms with Crippen LogP contribution >= 0.6 is 0 Å². The van der Waals surface area contributed by atoms with Crippen LogP contribution in [0.4, 0.5) is 0 Å². The van der Waals surface area contributed by atoms with Gasteiger partial charge in [-0.1, -0.05) is 38.1 Å². The number of benzene rings is 2. The summed E-state index contributed by atoms with van der Waals surface area (Å²) in [6.45, 7) is 4.09. The fraction of sp³-hybridized carbons (Fsp3) is 0.294. The van der Waals surface area contributed by atoms with Crippen LogP contribution in [-0.2, 0) is 6.42 Å². The predicted molar refractivity (Wildman–Crippen MR) is 77.6 cm³/mol.